The highest BCUT2D eigenvalue weighted by molar-refractivity contribution is 6.18. The van der Waals surface area contributed by atoms with Crippen molar-refractivity contribution in [2.24, 2.45) is 0 Å². The molecule has 0 N–H and O–H groups in total. The molecular weight excluding hydrogens is 267 g/mol. The molecule has 0 saturated carbocycles. The summed E-state index contributed by atoms with van der Waals surface area (Å²) in [5.41, 5.74) is -0.165. The van der Waals surface area contributed by atoms with E-state index >= 15 is 0 Å². The highest BCUT2D eigenvalue weighted by atomic mass is 35.5. The molecular formula is C12H13ClF3NO. The first kappa shape index (κ1) is 14.8. The monoisotopic (exact) mass is 279 g/mol. The van der Waals surface area contributed by atoms with E-state index in [0.717, 1.165) is 12.1 Å². The topological polar surface area (TPSA) is 20.3 Å². The second kappa shape index (κ2) is 6.09. The van der Waals surface area contributed by atoms with Crippen molar-refractivity contribution in [2.75, 3.05) is 19.5 Å². The summed E-state index contributed by atoms with van der Waals surface area (Å²) in [5.74, 6) is 0.158. The lowest BCUT2D eigenvalue weighted by Gasteiger charge is -2.15. The zero-order valence-corrected chi connectivity index (χ0v) is 10.6. The van der Waals surface area contributed by atoms with Gasteiger partial charge in [0.05, 0.1) is 12.0 Å². The van der Waals surface area contributed by atoms with E-state index in [4.69, 9.17) is 11.6 Å². The van der Waals surface area contributed by atoms with Crippen LogP contribution in [0.1, 0.15) is 11.1 Å². The molecule has 0 aromatic heterocycles. The molecule has 0 heterocycles. The smallest absolute Gasteiger partial charge is 0.344 e. The number of amides is 1. The van der Waals surface area contributed by atoms with Crippen molar-refractivity contribution in [1.82, 2.24) is 4.90 Å². The largest absolute Gasteiger partial charge is 0.416 e. The molecule has 2 nitrogen and oxygen atoms in total. The lowest BCUT2D eigenvalue weighted by molar-refractivity contribution is -0.137. The van der Waals surface area contributed by atoms with Crippen LogP contribution in [0, 0.1) is 0 Å². The SMILES string of the molecule is CN(CCCl)C(=O)Cc1ccc(C(F)(F)F)cc1. The van der Waals surface area contributed by atoms with Crippen molar-refractivity contribution in [3.05, 3.63) is 35.4 Å². The minimum atomic E-state index is -4.35. The van der Waals surface area contributed by atoms with Crippen molar-refractivity contribution in [3.63, 3.8) is 0 Å². The average molecular weight is 280 g/mol. The second-order valence-corrected chi connectivity index (χ2v) is 4.25. The minimum absolute atomic E-state index is 0.0749. The van der Waals surface area contributed by atoms with Gasteiger partial charge >= 0.3 is 6.18 Å². The summed E-state index contributed by atoms with van der Waals surface area (Å²) >= 11 is 5.50. The summed E-state index contributed by atoms with van der Waals surface area (Å²) in [6.45, 7) is 0.418. The number of benzene rings is 1. The fourth-order valence-electron chi connectivity index (χ4n) is 1.37. The molecule has 0 fully saturated rings. The fraction of sp³-hybridized carbons (Fsp3) is 0.417. The Kier molecular flexibility index (Phi) is 5.02. The molecule has 0 atom stereocenters. The van der Waals surface area contributed by atoms with Crippen molar-refractivity contribution >= 4 is 17.5 Å². The normalized spacial score (nSPS) is 11.4. The van der Waals surface area contributed by atoms with Crippen LogP contribution >= 0.6 is 11.6 Å². The van der Waals surface area contributed by atoms with E-state index in [1.165, 1.54) is 17.0 Å². The van der Waals surface area contributed by atoms with E-state index in [1.807, 2.05) is 0 Å². The first-order chi connectivity index (χ1) is 8.34. The predicted molar refractivity (Wildman–Crippen MR) is 63.5 cm³/mol. The van der Waals surface area contributed by atoms with E-state index in [1.54, 1.807) is 7.05 Å². The molecule has 0 aliphatic carbocycles. The van der Waals surface area contributed by atoms with Crippen molar-refractivity contribution in [2.45, 2.75) is 12.6 Å². The zero-order chi connectivity index (χ0) is 13.8. The number of likely N-dealkylation sites (N-methyl/N-ethyl adjacent to an activating group) is 1. The Hall–Kier alpha value is -1.23. The molecule has 0 aliphatic rings. The summed E-state index contributed by atoms with van der Waals surface area (Å²) in [6, 6.07) is 4.58. The summed E-state index contributed by atoms with van der Waals surface area (Å²) in [4.78, 5) is 13.1. The van der Waals surface area contributed by atoms with Gasteiger partial charge in [0.25, 0.3) is 0 Å². The van der Waals surface area contributed by atoms with Gasteiger partial charge in [-0.1, -0.05) is 12.1 Å². The second-order valence-electron chi connectivity index (χ2n) is 3.88. The molecule has 0 unspecified atom stereocenters. The summed E-state index contributed by atoms with van der Waals surface area (Å²) in [7, 11) is 1.61. The van der Waals surface area contributed by atoms with Gasteiger partial charge in [-0.15, -0.1) is 11.6 Å². The molecule has 1 aromatic rings. The molecule has 100 valence electrons. The summed E-state index contributed by atoms with van der Waals surface area (Å²) < 4.78 is 37.0. The molecule has 0 bridgehead atoms. The highest BCUT2D eigenvalue weighted by Gasteiger charge is 2.29. The highest BCUT2D eigenvalue weighted by Crippen LogP contribution is 2.29. The lowest BCUT2D eigenvalue weighted by atomic mass is 10.1. The van der Waals surface area contributed by atoms with E-state index in [2.05, 4.69) is 0 Å². The van der Waals surface area contributed by atoms with E-state index in [0.29, 0.717) is 18.0 Å². The molecule has 18 heavy (non-hydrogen) atoms. The quantitative estimate of drug-likeness (QED) is 0.776. The Morgan fingerprint density at radius 1 is 1.28 bits per heavy atom. The number of alkyl halides is 4. The number of hydrogen-bond acceptors (Lipinski definition) is 1. The number of carbonyl (C=O) groups is 1. The fourth-order valence-corrected chi connectivity index (χ4v) is 1.63. The number of hydrogen-bond donors (Lipinski definition) is 0. The van der Waals surface area contributed by atoms with Crippen LogP contribution in [0.4, 0.5) is 13.2 Å². The van der Waals surface area contributed by atoms with Crippen LogP contribution in [0.5, 0.6) is 0 Å². The van der Waals surface area contributed by atoms with Gasteiger partial charge < -0.3 is 4.90 Å². The van der Waals surface area contributed by atoms with E-state index in [9.17, 15) is 18.0 Å². The van der Waals surface area contributed by atoms with Gasteiger partial charge in [0.1, 0.15) is 0 Å². The van der Waals surface area contributed by atoms with Crippen molar-refractivity contribution in [3.8, 4) is 0 Å². The van der Waals surface area contributed by atoms with Gasteiger partial charge in [-0.05, 0) is 17.7 Å². The maximum atomic E-state index is 12.3. The van der Waals surface area contributed by atoms with Gasteiger partial charge in [0.2, 0.25) is 5.91 Å². The Labute approximate surface area is 108 Å². The van der Waals surface area contributed by atoms with Crippen molar-refractivity contribution in [1.29, 1.82) is 0 Å². The molecule has 0 aliphatic heterocycles. The third kappa shape index (κ3) is 4.22. The van der Waals surface area contributed by atoms with Gasteiger partial charge in [-0.25, -0.2) is 0 Å². The van der Waals surface area contributed by atoms with Crippen molar-refractivity contribution < 1.29 is 18.0 Å². The van der Waals surface area contributed by atoms with Crippen LogP contribution < -0.4 is 0 Å². The standard InChI is InChI=1S/C12H13ClF3NO/c1-17(7-6-13)11(18)8-9-2-4-10(5-3-9)12(14,15)16/h2-5H,6-8H2,1H3. The molecule has 1 aromatic carbocycles. The number of carbonyl (C=O) groups excluding carboxylic acids is 1. The summed E-state index contributed by atoms with van der Waals surface area (Å²) in [5, 5.41) is 0. The third-order valence-electron chi connectivity index (χ3n) is 2.48. The molecule has 0 spiro atoms. The van der Waals surface area contributed by atoms with Crippen LogP contribution in [0.25, 0.3) is 0 Å². The van der Waals surface area contributed by atoms with Crippen LogP contribution in [0.3, 0.4) is 0 Å². The zero-order valence-electron chi connectivity index (χ0n) is 9.80. The number of rotatable bonds is 4. The Bertz CT molecular complexity index is 403. The maximum Gasteiger partial charge on any atom is 0.416 e. The molecule has 0 radical (unpaired) electrons. The van der Waals surface area contributed by atoms with E-state index < -0.39 is 11.7 Å². The summed E-state index contributed by atoms with van der Waals surface area (Å²) in [6.07, 6.45) is -4.27. The molecule has 1 rings (SSSR count). The number of nitrogens with zero attached hydrogens (tertiary/aromatic N) is 1. The van der Waals surface area contributed by atoms with Gasteiger partial charge in [0, 0.05) is 19.5 Å². The Morgan fingerprint density at radius 3 is 2.28 bits per heavy atom. The van der Waals surface area contributed by atoms with Gasteiger partial charge in [-0.2, -0.15) is 13.2 Å². The molecule has 6 heteroatoms. The maximum absolute atomic E-state index is 12.3. The van der Waals surface area contributed by atoms with Crippen LogP contribution in [-0.4, -0.2) is 30.3 Å². The Morgan fingerprint density at radius 2 is 1.83 bits per heavy atom. The third-order valence-corrected chi connectivity index (χ3v) is 2.65. The first-order valence-corrected chi connectivity index (χ1v) is 5.84. The Balaban J connectivity index is 2.67. The predicted octanol–water partition coefficient (Wildman–Crippen LogP) is 2.95. The van der Waals surface area contributed by atoms with Crippen LogP contribution in [0.15, 0.2) is 24.3 Å². The molecule has 0 saturated heterocycles. The molecule has 1 amide bonds. The lowest BCUT2D eigenvalue weighted by Crippen LogP contribution is -2.29. The first-order valence-electron chi connectivity index (χ1n) is 5.30. The minimum Gasteiger partial charge on any atom is -0.344 e. The average Bonchev–Trinajstić information content (AvgIpc) is 2.28. The van der Waals surface area contributed by atoms with Crippen LogP contribution in [-0.2, 0) is 17.4 Å². The van der Waals surface area contributed by atoms with Gasteiger partial charge in [-0.3, -0.25) is 4.79 Å². The number of halogens is 4. The van der Waals surface area contributed by atoms with Crippen LogP contribution in [0.2, 0.25) is 0 Å². The van der Waals surface area contributed by atoms with E-state index in [-0.39, 0.29) is 12.3 Å². The van der Waals surface area contributed by atoms with Gasteiger partial charge in [0.15, 0.2) is 0 Å².